The second-order valence-electron chi connectivity index (χ2n) is 8.40. The van der Waals surface area contributed by atoms with Crippen LogP contribution in [0.15, 0.2) is 66.7 Å². The summed E-state index contributed by atoms with van der Waals surface area (Å²) in [6, 6.07) is 20.4. The molecule has 0 saturated carbocycles. The Labute approximate surface area is 186 Å². The van der Waals surface area contributed by atoms with Gasteiger partial charge in [0.15, 0.2) is 0 Å². The van der Waals surface area contributed by atoms with Gasteiger partial charge in [0.1, 0.15) is 5.82 Å². The first-order valence-electron chi connectivity index (χ1n) is 11.2. The molecule has 3 N–H and O–H groups in total. The van der Waals surface area contributed by atoms with Crippen molar-refractivity contribution in [2.24, 2.45) is 0 Å². The van der Waals surface area contributed by atoms with E-state index in [2.05, 4.69) is 46.8 Å². The van der Waals surface area contributed by atoms with Crippen molar-refractivity contribution < 1.29 is 9.18 Å². The third kappa shape index (κ3) is 3.98. The number of anilines is 2. The minimum absolute atomic E-state index is 0.246. The summed E-state index contributed by atoms with van der Waals surface area (Å²) in [6.07, 6.45) is 4.01. The Morgan fingerprint density at radius 2 is 1.91 bits per heavy atom. The summed E-state index contributed by atoms with van der Waals surface area (Å²) < 4.78 is 13.1. The quantitative estimate of drug-likeness (QED) is 0.361. The van der Waals surface area contributed by atoms with Crippen molar-refractivity contribution in [3.05, 3.63) is 94.9 Å². The van der Waals surface area contributed by atoms with Crippen LogP contribution in [-0.2, 0) is 19.3 Å². The van der Waals surface area contributed by atoms with E-state index in [-0.39, 0.29) is 11.7 Å². The van der Waals surface area contributed by atoms with Gasteiger partial charge in [-0.25, -0.2) is 4.39 Å². The first-order valence-corrected chi connectivity index (χ1v) is 11.2. The zero-order chi connectivity index (χ0) is 22.1. The number of amides is 1. The highest BCUT2D eigenvalue weighted by molar-refractivity contribution is 6.05. The molecule has 1 atom stereocenters. The smallest absolute Gasteiger partial charge is 0.255 e. The predicted octanol–water partition coefficient (Wildman–Crippen LogP) is 6.09. The Morgan fingerprint density at radius 3 is 2.72 bits per heavy atom. The van der Waals surface area contributed by atoms with Gasteiger partial charge in [-0.3, -0.25) is 4.79 Å². The SMILES string of the molecule is CCc1ccccc1NC1CCc2[nH]c3ccc(NC(=O)c4ccc(F)cc4)cc3c2C1. The number of para-hydroxylation sites is 1. The summed E-state index contributed by atoms with van der Waals surface area (Å²) in [5.41, 5.74) is 7.41. The monoisotopic (exact) mass is 427 g/mol. The van der Waals surface area contributed by atoms with Crippen molar-refractivity contribution in [2.45, 2.75) is 38.6 Å². The summed E-state index contributed by atoms with van der Waals surface area (Å²) in [7, 11) is 0. The van der Waals surface area contributed by atoms with Crippen LogP contribution >= 0.6 is 0 Å². The number of H-pyrrole nitrogens is 1. The molecule has 1 aliphatic carbocycles. The van der Waals surface area contributed by atoms with Crippen molar-refractivity contribution in [3.8, 4) is 0 Å². The molecule has 1 aromatic heterocycles. The topological polar surface area (TPSA) is 56.9 Å². The molecule has 1 unspecified atom stereocenters. The molecule has 1 amide bonds. The van der Waals surface area contributed by atoms with Crippen LogP contribution in [0.4, 0.5) is 15.8 Å². The molecule has 5 heteroatoms. The number of rotatable bonds is 5. The summed E-state index contributed by atoms with van der Waals surface area (Å²) in [4.78, 5) is 16.1. The molecular weight excluding hydrogens is 401 g/mol. The average Bonchev–Trinajstić information content (AvgIpc) is 3.17. The van der Waals surface area contributed by atoms with Crippen molar-refractivity contribution >= 4 is 28.2 Å². The number of fused-ring (bicyclic) bond motifs is 3. The maximum atomic E-state index is 13.1. The average molecular weight is 428 g/mol. The minimum atomic E-state index is -0.355. The van der Waals surface area contributed by atoms with Crippen LogP contribution in [0, 0.1) is 5.82 Å². The van der Waals surface area contributed by atoms with Crippen molar-refractivity contribution in [2.75, 3.05) is 10.6 Å². The van der Waals surface area contributed by atoms with Gasteiger partial charge in [0, 0.05) is 39.6 Å². The largest absolute Gasteiger partial charge is 0.382 e. The minimum Gasteiger partial charge on any atom is -0.382 e. The molecule has 1 heterocycles. The van der Waals surface area contributed by atoms with E-state index in [9.17, 15) is 9.18 Å². The number of carbonyl (C=O) groups is 1. The van der Waals surface area contributed by atoms with E-state index in [1.807, 2.05) is 18.2 Å². The van der Waals surface area contributed by atoms with Gasteiger partial charge in [-0.15, -0.1) is 0 Å². The van der Waals surface area contributed by atoms with E-state index in [4.69, 9.17) is 0 Å². The van der Waals surface area contributed by atoms with E-state index >= 15 is 0 Å². The Bertz CT molecular complexity index is 1280. The highest BCUT2D eigenvalue weighted by Crippen LogP contribution is 2.32. The molecule has 32 heavy (non-hydrogen) atoms. The van der Waals surface area contributed by atoms with Crippen LogP contribution in [0.3, 0.4) is 0 Å². The van der Waals surface area contributed by atoms with Crippen molar-refractivity contribution in [1.29, 1.82) is 0 Å². The van der Waals surface area contributed by atoms with E-state index in [1.54, 1.807) is 0 Å². The van der Waals surface area contributed by atoms with Crippen LogP contribution in [0.5, 0.6) is 0 Å². The standard InChI is InChI=1S/C27H26FN3O/c1-2-17-5-3-4-6-24(17)29-20-11-13-25-22(15-20)23-16-21(12-14-26(23)31-25)30-27(32)18-7-9-19(28)10-8-18/h3-10,12,14,16,20,29,31H,2,11,13,15H2,1H3,(H,30,32). The Hall–Kier alpha value is -3.60. The van der Waals surface area contributed by atoms with Gasteiger partial charge >= 0.3 is 0 Å². The van der Waals surface area contributed by atoms with Crippen LogP contribution < -0.4 is 10.6 Å². The molecule has 0 bridgehead atoms. The van der Waals surface area contributed by atoms with E-state index < -0.39 is 0 Å². The second kappa shape index (κ2) is 8.50. The fourth-order valence-corrected chi connectivity index (χ4v) is 4.61. The first-order chi connectivity index (χ1) is 15.6. The molecule has 5 rings (SSSR count). The van der Waals surface area contributed by atoms with Gasteiger partial charge in [0.25, 0.3) is 5.91 Å². The fourth-order valence-electron chi connectivity index (χ4n) is 4.61. The van der Waals surface area contributed by atoms with Gasteiger partial charge in [-0.05, 0) is 85.3 Å². The lowest BCUT2D eigenvalue weighted by molar-refractivity contribution is 0.102. The van der Waals surface area contributed by atoms with Crippen LogP contribution in [-0.4, -0.2) is 16.9 Å². The molecule has 0 spiro atoms. The van der Waals surface area contributed by atoms with E-state index in [0.29, 0.717) is 11.6 Å². The zero-order valence-corrected chi connectivity index (χ0v) is 18.0. The number of carbonyl (C=O) groups excluding carboxylic acids is 1. The molecule has 3 aromatic carbocycles. The second-order valence-corrected chi connectivity index (χ2v) is 8.40. The number of hydrogen-bond donors (Lipinski definition) is 3. The summed E-state index contributed by atoms with van der Waals surface area (Å²) in [6.45, 7) is 2.18. The number of aromatic amines is 1. The third-order valence-electron chi connectivity index (χ3n) is 6.31. The number of aryl methyl sites for hydroxylation is 2. The fraction of sp³-hybridized carbons (Fsp3) is 0.222. The number of halogens is 1. The van der Waals surface area contributed by atoms with E-state index in [1.165, 1.54) is 46.8 Å². The van der Waals surface area contributed by atoms with Crippen molar-refractivity contribution in [1.82, 2.24) is 4.98 Å². The molecule has 1 aliphatic rings. The lowest BCUT2D eigenvalue weighted by Gasteiger charge is -2.26. The molecule has 0 fully saturated rings. The molecular formula is C27H26FN3O. The molecule has 0 saturated heterocycles. The summed E-state index contributed by atoms with van der Waals surface area (Å²) in [5, 5.41) is 7.84. The van der Waals surface area contributed by atoms with Crippen LogP contribution in [0.25, 0.3) is 10.9 Å². The number of hydrogen-bond acceptors (Lipinski definition) is 2. The predicted molar refractivity (Wildman–Crippen MR) is 128 cm³/mol. The molecule has 4 aromatic rings. The Morgan fingerprint density at radius 1 is 1.09 bits per heavy atom. The lowest BCUT2D eigenvalue weighted by atomic mass is 9.91. The lowest BCUT2D eigenvalue weighted by Crippen LogP contribution is -2.27. The normalized spacial score (nSPS) is 15.4. The molecule has 0 radical (unpaired) electrons. The maximum absolute atomic E-state index is 13.1. The van der Waals surface area contributed by atoms with Crippen LogP contribution in [0.2, 0.25) is 0 Å². The Kier molecular flexibility index (Phi) is 5.39. The van der Waals surface area contributed by atoms with Gasteiger partial charge in [-0.2, -0.15) is 0 Å². The number of nitrogens with one attached hydrogen (secondary N) is 3. The maximum Gasteiger partial charge on any atom is 0.255 e. The molecule has 4 nitrogen and oxygen atoms in total. The number of aromatic nitrogens is 1. The van der Waals surface area contributed by atoms with Crippen molar-refractivity contribution in [3.63, 3.8) is 0 Å². The molecule has 0 aliphatic heterocycles. The van der Waals surface area contributed by atoms with Gasteiger partial charge < -0.3 is 15.6 Å². The van der Waals surface area contributed by atoms with E-state index in [0.717, 1.165) is 42.3 Å². The van der Waals surface area contributed by atoms with Crippen LogP contribution in [0.1, 0.15) is 40.5 Å². The first kappa shape index (κ1) is 20.3. The zero-order valence-electron chi connectivity index (χ0n) is 18.0. The summed E-state index contributed by atoms with van der Waals surface area (Å²) >= 11 is 0. The van der Waals surface area contributed by atoms with Gasteiger partial charge in [0.05, 0.1) is 0 Å². The highest BCUT2D eigenvalue weighted by atomic mass is 19.1. The van der Waals surface area contributed by atoms with Gasteiger partial charge in [0.2, 0.25) is 0 Å². The highest BCUT2D eigenvalue weighted by Gasteiger charge is 2.23. The third-order valence-corrected chi connectivity index (χ3v) is 6.31. The van der Waals surface area contributed by atoms with Gasteiger partial charge in [-0.1, -0.05) is 25.1 Å². The summed E-state index contributed by atoms with van der Waals surface area (Å²) in [5.74, 6) is -0.601. The number of benzene rings is 3. The Balaban J connectivity index is 1.38. The molecule has 162 valence electrons.